The van der Waals surface area contributed by atoms with Crippen LogP contribution >= 0.6 is 24.0 Å². The van der Waals surface area contributed by atoms with Crippen LogP contribution in [0.4, 0.5) is 5.69 Å². The number of hydrogen-bond acceptors (Lipinski definition) is 2. The Balaban J connectivity index is 0.00000324. The van der Waals surface area contributed by atoms with Gasteiger partial charge in [0.05, 0.1) is 0 Å². The first-order valence-corrected chi connectivity index (χ1v) is 6.38. The molecule has 0 fully saturated rings. The quantitative estimate of drug-likeness (QED) is 0.471. The minimum absolute atomic E-state index is 0. The Bertz CT molecular complexity index is 374. The van der Waals surface area contributed by atoms with E-state index in [0.29, 0.717) is 0 Å². The van der Waals surface area contributed by atoms with E-state index in [0.717, 1.165) is 25.5 Å². The normalized spacial score (nSPS) is 10.6. The standard InChI is InChI=1S/C14H24N4.HI/c1-5-10-16-14(15-2)17-11-12-6-8-13(9-7-12)18(3)4;/h6-9H,5,10-11H2,1-4H3,(H2,15,16,17);1H. The van der Waals surface area contributed by atoms with Crippen molar-refractivity contribution in [2.75, 3.05) is 32.6 Å². The highest BCUT2D eigenvalue weighted by molar-refractivity contribution is 14.0. The van der Waals surface area contributed by atoms with Gasteiger partial charge in [-0.1, -0.05) is 19.1 Å². The van der Waals surface area contributed by atoms with Gasteiger partial charge in [-0.3, -0.25) is 4.99 Å². The Kier molecular flexibility index (Phi) is 9.38. The second-order valence-electron chi connectivity index (χ2n) is 4.41. The van der Waals surface area contributed by atoms with Gasteiger partial charge in [-0.2, -0.15) is 0 Å². The van der Waals surface area contributed by atoms with Crippen LogP contribution in [-0.2, 0) is 6.54 Å². The molecule has 0 amide bonds. The number of guanidine groups is 1. The fourth-order valence-corrected chi connectivity index (χ4v) is 1.56. The monoisotopic (exact) mass is 376 g/mol. The molecule has 0 aliphatic rings. The highest BCUT2D eigenvalue weighted by atomic mass is 127. The van der Waals surface area contributed by atoms with Crippen molar-refractivity contribution in [3.8, 4) is 0 Å². The van der Waals surface area contributed by atoms with E-state index in [1.165, 1.54) is 11.3 Å². The number of rotatable bonds is 5. The summed E-state index contributed by atoms with van der Waals surface area (Å²) in [5, 5.41) is 6.54. The maximum absolute atomic E-state index is 4.17. The van der Waals surface area contributed by atoms with Crippen LogP contribution in [0.2, 0.25) is 0 Å². The maximum atomic E-state index is 4.17. The minimum Gasteiger partial charge on any atom is -0.378 e. The molecule has 0 atom stereocenters. The Morgan fingerprint density at radius 1 is 1.16 bits per heavy atom. The molecule has 1 aromatic carbocycles. The molecule has 2 N–H and O–H groups in total. The predicted molar refractivity (Wildman–Crippen MR) is 94.7 cm³/mol. The van der Waals surface area contributed by atoms with Crippen molar-refractivity contribution in [1.29, 1.82) is 0 Å². The molecule has 5 heteroatoms. The Hall–Kier alpha value is -0.980. The summed E-state index contributed by atoms with van der Waals surface area (Å²) < 4.78 is 0. The van der Waals surface area contributed by atoms with Crippen LogP contribution < -0.4 is 15.5 Å². The topological polar surface area (TPSA) is 39.7 Å². The van der Waals surface area contributed by atoms with Gasteiger partial charge in [0, 0.05) is 39.9 Å². The van der Waals surface area contributed by atoms with Crippen molar-refractivity contribution in [3.05, 3.63) is 29.8 Å². The second-order valence-corrected chi connectivity index (χ2v) is 4.41. The van der Waals surface area contributed by atoms with Gasteiger partial charge >= 0.3 is 0 Å². The molecule has 4 nitrogen and oxygen atoms in total. The van der Waals surface area contributed by atoms with Crippen LogP contribution in [0.1, 0.15) is 18.9 Å². The lowest BCUT2D eigenvalue weighted by atomic mass is 10.2. The van der Waals surface area contributed by atoms with Crippen molar-refractivity contribution in [3.63, 3.8) is 0 Å². The first-order valence-electron chi connectivity index (χ1n) is 6.38. The van der Waals surface area contributed by atoms with Crippen LogP contribution in [0.15, 0.2) is 29.3 Å². The Morgan fingerprint density at radius 2 is 1.79 bits per heavy atom. The van der Waals surface area contributed by atoms with Gasteiger partial charge in [-0.05, 0) is 24.1 Å². The van der Waals surface area contributed by atoms with E-state index in [2.05, 4.69) is 51.7 Å². The van der Waals surface area contributed by atoms with Crippen LogP contribution in [0.25, 0.3) is 0 Å². The number of nitrogens with zero attached hydrogens (tertiary/aromatic N) is 2. The summed E-state index contributed by atoms with van der Waals surface area (Å²) in [5.41, 5.74) is 2.47. The molecule has 0 saturated carbocycles. The van der Waals surface area contributed by atoms with E-state index in [-0.39, 0.29) is 24.0 Å². The van der Waals surface area contributed by atoms with Crippen molar-refractivity contribution >= 4 is 35.6 Å². The zero-order valence-corrected chi connectivity index (χ0v) is 14.6. The molecular weight excluding hydrogens is 351 g/mol. The summed E-state index contributed by atoms with van der Waals surface area (Å²) in [6, 6.07) is 8.52. The van der Waals surface area contributed by atoms with E-state index in [9.17, 15) is 0 Å². The fraction of sp³-hybridized carbons (Fsp3) is 0.500. The van der Waals surface area contributed by atoms with Crippen LogP contribution in [0.3, 0.4) is 0 Å². The third kappa shape index (κ3) is 6.66. The number of benzene rings is 1. The molecule has 108 valence electrons. The SMILES string of the molecule is CCCNC(=NC)NCc1ccc(N(C)C)cc1.I. The van der Waals surface area contributed by atoms with Gasteiger partial charge in [0.2, 0.25) is 0 Å². The molecule has 0 radical (unpaired) electrons. The van der Waals surface area contributed by atoms with Crippen LogP contribution in [0.5, 0.6) is 0 Å². The lowest BCUT2D eigenvalue weighted by Gasteiger charge is -2.14. The summed E-state index contributed by atoms with van der Waals surface area (Å²) >= 11 is 0. The van der Waals surface area contributed by atoms with E-state index in [4.69, 9.17) is 0 Å². The lowest BCUT2D eigenvalue weighted by Crippen LogP contribution is -2.37. The highest BCUT2D eigenvalue weighted by Gasteiger charge is 1.98. The fourth-order valence-electron chi connectivity index (χ4n) is 1.56. The van der Waals surface area contributed by atoms with Gasteiger partial charge in [-0.15, -0.1) is 24.0 Å². The second kappa shape index (κ2) is 9.89. The summed E-state index contributed by atoms with van der Waals surface area (Å²) in [6.07, 6.45) is 1.10. The number of aliphatic imine (C=N–C) groups is 1. The Morgan fingerprint density at radius 3 is 2.26 bits per heavy atom. The number of nitrogens with one attached hydrogen (secondary N) is 2. The van der Waals surface area contributed by atoms with Crippen molar-refractivity contribution in [2.45, 2.75) is 19.9 Å². The molecule has 0 bridgehead atoms. The molecule has 19 heavy (non-hydrogen) atoms. The number of hydrogen-bond donors (Lipinski definition) is 2. The average molecular weight is 376 g/mol. The summed E-state index contributed by atoms with van der Waals surface area (Å²) in [7, 11) is 5.88. The van der Waals surface area contributed by atoms with Crippen molar-refractivity contribution in [2.24, 2.45) is 4.99 Å². The zero-order valence-electron chi connectivity index (χ0n) is 12.2. The van der Waals surface area contributed by atoms with Crippen molar-refractivity contribution in [1.82, 2.24) is 10.6 Å². The molecule has 0 spiro atoms. The van der Waals surface area contributed by atoms with E-state index in [1.807, 2.05) is 14.1 Å². The average Bonchev–Trinajstić information content (AvgIpc) is 2.39. The summed E-state index contributed by atoms with van der Waals surface area (Å²) in [5.74, 6) is 0.855. The van der Waals surface area contributed by atoms with E-state index >= 15 is 0 Å². The van der Waals surface area contributed by atoms with Crippen LogP contribution in [-0.4, -0.2) is 33.6 Å². The molecule has 0 saturated heterocycles. The molecule has 0 aliphatic heterocycles. The summed E-state index contributed by atoms with van der Waals surface area (Å²) in [6.45, 7) is 3.87. The van der Waals surface area contributed by atoms with Crippen molar-refractivity contribution < 1.29 is 0 Å². The largest absolute Gasteiger partial charge is 0.378 e. The van der Waals surface area contributed by atoms with Gasteiger partial charge in [0.1, 0.15) is 0 Å². The molecule has 0 heterocycles. The van der Waals surface area contributed by atoms with Gasteiger partial charge in [0.15, 0.2) is 5.96 Å². The number of halogens is 1. The minimum atomic E-state index is 0. The van der Waals surface area contributed by atoms with E-state index in [1.54, 1.807) is 7.05 Å². The van der Waals surface area contributed by atoms with E-state index < -0.39 is 0 Å². The third-order valence-electron chi connectivity index (χ3n) is 2.68. The maximum Gasteiger partial charge on any atom is 0.191 e. The number of anilines is 1. The molecular formula is C14H25IN4. The first kappa shape index (κ1) is 18.0. The van der Waals surface area contributed by atoms with Gasteiger partial charge in [-0.25, -0.2) is 0 Å². The first-order chi connectivity index (χ1) is 8.67. The lowest BCUT2D eigenvalue weighted by molar-refractivity contribution is 0.781. The third-order valence-corrected chi connectivity index (χ3v) is 2.68. The zero-order chi connectivity index (χ0) is 13.4. The van der Waals surface area contributed by atoms with Gasteiger partial charge in [0.25, 0.3) is 0 Å². The molecule has 1 aromatic rings. The molecule has 0 unspecified atom stereocenters. The highest BCUT2D eigenvalue weighted by Crippen LogP contribution is 2.11. The smallest absolute Gasteiger partial charge is 0.191 e. The van der Waals surface area contributed by atoms with Crippen LogP contribution in [0, 0.1) is 0 Å². The summed E-state index contributed by atoms with van der Waals surface area (Å²) in [4.78, 5) is 6.27. The van der Waals surface area contributed by atoms with Gasteiger partial charge < -0.3 is 15.5 Å². The molecule has 0 aromatic heterocycles. The predicted octanol–water partition coefficient (Wildman–Crippen LogP) is 2.45. The molecule has 0 aliphatic carbocycles. The Labute approximate surface area is 133 Å². The molecule has 1 rings (SSSR count).